The number of amides is 1. The van der Waals surface area contributed by atoms with Crippen LogP contribution in [-0.4, -0.2) is 39.3 Å². The predicted octanol–water partition coefficient (Wildman–Crippen LogP) is 1.26. The minimum atomic E-state index is -0.0305. The Morgan fingerprint density at radius 3 is 2.88 bits per heavy atom. The fraction of sp³-hybridized carbons (Fsp3) is 0.417. The fourth-order valence-electron chi connectivity index (χ4n) is 1.30. The first kappa shape index (κ1) is 14.4. The molecule has 0 saturated heterocycles. The maximum Gasteiger partial charge on any atom is 0.251 e. The van der Waals surface area contributed by atoms with Crippen LogP contribution in [0.2, 0.25) is 0 Å². The number of hydrogen-bond acceptors (Lipinski definition) is 3. The Morgan fingerprint density at radius 1 is 1.35 bits per heavy atom. The van der Waals surface area contributed by atoms with Crippen molar-refractivity contribution in [3.63, 3.8) is 0 Å². The Morgan fingerprint density at radius 2 is 2.18 bits per heavy atom. The van der Waals surface area contributed by atoms with Crippen molar-refractivity contribution in [3.05, 3.63) is 33.4 Å². The van der Waals surface area contributed by atoms with E-state index in [1.54, 1.807) is 7.11 Å². The second-order valence-electron chi connectivity index (χ2n) is 3.51. The molecule has 0 bridgehead atoms. The first-order valence-electron chi connectivity index (χ1n) is 5.47. The highest BCUT2D eigenvalue weighted by Crippen LogP contribution is 2.07. The molecule has 5 heteroatoms. The van der Waals surface area contributed by atoms with E-state index in [1.165, 1.54) is 0 Å². The number of benzene rings is 1. The molecule has 94 valence electrons. The summed E-state index contributed by atoms with van der Waals surface area (Å²) in [6, 6.07) is 7.53. The van der Waals surface area contributed by atoms with E-state index in [0.717, 1.165) is 16.7 Å². The second kappa shape index (κ2) is 8.43. The minimum absolute atomic E-state index is 0.0305. The van der Waals surface area contributed by atoms with Gasteiger partial charge < -0.3 is 15.4 Å². The minimum Gasteiger partial charge on any atom is -0.383 e. The zero-order valence-corrected chi connectivity index (χ0v) is 12.0. The average molecular weight is 348 g/mol. The van der Waals surface area contributed by atoms with Crippen LogP contribution in [0.25, 0.3) is 0 Å². The van der Waals surface area contributed by atoms with Gasteiger partial charge >= 0.3 is 0 Å². The largest absolute Gasteiger partial charge is 0.383 e. The zero-order valence-electron chi connectivity index (χ0n) is 9.83. The molecule has 1 rings (SSSR count). The van der Waals surface area contributed by atoms with Crippen molar-refractivity contribution in [2.24, 2.45) is 0 Å². The molecule has 0 saturated carbocycles. The van der Waals surface area contributed by atoms with Gasteiger partial charge in [-0.25, -0.2) is 0 Å². The number of carbonyl (C=O) groups excluding carboxylic acids is 1. The molecule has 0 aromatic heterocycles. The maximum atomic E-state index is 11.7. The molecule has 0 heterocycles. The highest BCUT2D eigenvalue weighted by atomic mass is 127. The summed E-state index contributed by atoms with van der Waals surface area (Å²) in [5, 5.41) is 6.02. The average Bonchev–Trinajstić information content (AvgIpc) is 2.33. The van der Waals surface area contributed by atoms with E-state index in [-0.39, 0.29) is 5.91 Å². The summed E-state index contributed by atoms with van der Waals surface area (Å²) in [6.45, 7) is 2.85. The molecular formula is C12H17IN2O2. The normalized spacial score (nSPS) is 10.2. The highest BCUT2D eigenvalue weighted by molar-refractivity contribution is 14.1. The van der Waals surface area contributed by atoms with Crippen molar-refractivity contribution < 1.29 is 9.53 Å². The maximum absolute atomic E-state index is 11.7. The lowest BCUT2D eigenvalue weighted by Crippen LogP contribution is -2.33. The number of ether oxygens (including phenoxy) is 1. The van der Waals surface area contributed by atoms with Gasteiger partial charge in [0.05, 0.1) is 6.61 Å². The van der Waals surface area contributed by atoms with E-state index in [2.05, 4.69) is 33.2 Å². The van der Waals surface area contributed by atoms with Crippen LogP contribution in [0.5, 0.6) is 0 Å². The van der Waals surface area contributed by atoms with E-state index in [9.17, 15) is 4.79 Å². The lowest BCUT2D eigenvalue weighted by molar-refractivity contribution is 0.0953. The second-order valence-corrected chi connectivity index (χ2v) is 4.75. The molecular weight excluding hydrogens is 331 g/mol. The van der Waals surface area contributed by atoms with Crippen LogP contribution in [-0.2, 0) is 4.74 Å². The van der Waals surface area contributed by atoms with Crippen molar-refractivity contribution in [1.29, 1.82) is 0 Å². The smallest absolute Gasteiger partial charge is 0.251 e. The molecule has 2 N–H and O–H groups in total. The summed E-state index contributed by atoms with van der Waals surface area (Å²) >= 11 is 2.19. The fourth-order valence-corrected chi connectivity index (χ4v) is 1.84. The van der Waals surface area contributed by atoms with E-state index in [4.69, 9.17) is 4.74 Å². The summed E-state index contributed by atoms with van der Waals surface area (Å²) < 4.78 is 5.96. The number of halogens is 1. The summed E-state index contributed by atoms with van der Waals surface area (Å²) in [6.07, 6.45) is 0. The van der Waals surface area contributed by atoms with Crippen LogP contribution in [0.1, 0.15) is 10.4 Å². The Balaban J connectivity index is 2.21. The van der Waals surface area contributed by atoms with Gasteiger partial charge in [-0.15, -0.1) is 0 Å². The van der Waals surface area contributed by atoms with E-state index in [1.807, 2.05) is 24.3 Å². The molecule has 0 fully saturated rings. The van der Waals surface area contributed by atoms with Crippen molar-refractivity contribution >= 4 is 28.5 Å². The van der Waals surface area contributed by atoms with Gasteiger partial charge in [0.2, 0.25) is 0 Å². The van der Waals surface area contributed by atoms with Gasteiger partial charge in [0.1, 0.15) is 0 Å². The van der Waals surface area contributed by atoms with Crippen LogP contribution in [0.4, 0.5) is 0 Å². The topological polar surface area (TPSA) is 50.4 Å². The van der Waals surface area contributed by atoms with Gasteiger partial charge in [0.15, 0.2) is 0 Å². The standard InChI is InChI=1S/C12H17IN2O2/c1-17-8-7-14-5-6-15-12(16)10-3-2-4-11(13)9-10/h2-4,9,14H,5-8H2,1H3,(H,15,16). The predicted molar refractivity (Wildman–Crippen MR) is 76.2 cm³/mol. The number of nitrogens with one attached hydrogen (secondary N) is 2. The molecule has 0 spiro atoms. The van der Waals surface area contributed by atoms with Crippen LogP contribution < -0.4 is 10.6 Å². The Labute approximate surface area is 115 Å². The van der Waals surface area contributed by atoms with Crippen LogP contribution in [0.15, 0.2) is 24.3 Å². The van der Waals surface area contributed by atoms with Gasteiger partial charge in [0.25, 0.3) is 5.91 Å². The van der Waals surface area contributed by atoms with Gasteiger partial charge in [-0.2, -0.15) is 0 Å². The third-order valence-electron chi connectivity index (χ3n) is 2.16. The molecule has 1 amide bonds. The monoisotopic (exact) mass is 348 g/mol. The van der Waals surface area contributed by atoms with Crippen molar-refractivity contribution in [2.45, 2.75) is 0 Å². The van der Waals surface area contributed by atoms with Crippen LogP contribution in [0, 0.1) is 3.57 Å². The third-order valence-corrected chi connectivity index (χ3v) is 2.83. The van der Waals surface area contributed by atoms with Gasteiger partial charge in [-0.1, -0.05) is 6.07 Å². The Bertz CT molecular complexity index is 358. The van der Waals surface area contributed by atoms with Crippen molar-refractivity contribution in [2.75, 3.05) is 33.4 Å². The summed E-state index contributed by atoms with van der Waals surface area (Å²) in [5.74, 6) is -0.0305. The summed E-state index contributed by atoms with van der Waals surface area (Å²) in [4.78, 5) is 11.7. The molecule has 0 aliphatic heterocycles. The molecule has 0 radical (unpaired) electrons. The van der Waals surface area contributed by atoms with E-state index < -0.39 is 0 Å². The Hall–Kier alpha value is -0.660. The number of methoxy groups -OCH3 is 1. The highest BCUT2D eigenvalue weighted by Gasteiger charge is 2.03. The zero-order chi connectivity index (χ0) is 12.5. The first-order chi connectivity index (χ1) is 8.24. The van der Waals surface area contributed by atoms with E-state index >= 15 is 0 Å². The quantitative estimate of drug-likeness (QED) is 0.576. The molecule has 0 aliphatic rings. The molecule has 1 aromatic carbocycles. The number of carbonyl (C=O) groups is 1. The molecule has 0 aliphatic carbocycles. The van der Waals surface area contributed by atoms with Gasteiger partial charge in [-0.3, -0.25) is 4.79 Å². The summed E-state index contributed by atoms with van der Waals surface area (Å²) in [7, 11) is 1.67. The molecule has 0 atom stereocenters. The van der Waals surface area contributed by atoms with Gasteiger partial charge in [0, 0.05) is 35.9 Å². The molecule has 1 aromatic rings. The van der Waals surface area contributed by atoms with Crippen molar-refractivity contribution in [3.8, 4) is 0 Å². The molecule has 0 unspecified atom stereocenters. The van der Waals surface area contributed by atoms with Gasteiger partial charge in [-0.05, 0) is 40.8 Å². The molecule has 17 heavy (non-hydrogen) atoms. The lowest BCUT2D eigenvalue weighted by atomic mass is 10.2. The van der Waals surface area contributed by atoms with Crippen LogP contribution in [0.3, 0.4) is 0 Å². The lowest BCUT2D eigenvalue weighted by Gasteiger charge is -2.06. The Kier molecular flexibility index (Phi) is 7.14. The number of rotatable bonds is 7. The first-order valence-corrected chi connectivity index (χ1v) is 6.55. The van der Waals surface area contributed by atoms with E-state index in [0.29, 0.717) is 18.7 Å². The molecule has 4 nitrogen and oxygen atoms in total. The SMILES string of the molecule is COCCNCCNC(=O)c1cccc(I)c1. The third kappa shape index (κ3) is 5.99. The summed E-state index contributed by atoms with van der Waals surface area (Å²) in [5.41, 5.74) is 0.703. The number of hydrogen-bond donors (Lipinski definition) is 2. The van der Waals surface area contributed by atoms with Crippen molar-refractivity contribution in [1.82, 2.24) is 10.6 Å². The van der Waals surface area contributed by atoms with Crippen LogP contribution >= 0.6 is 22.6 Å².